The first-order chi connectivity index (χ1) is 7.64. The van der Waals surface area contributed by atoms with E-state index >= 15 is 0 Å². The van der Waals surface area contributed by atoms with Gasteiger partial charge in [0.25, 0.3) is 0 Å². The molecule has 0 unspecified atom stereocenters. The highest BCUT2D eigenvalue weighted by Crippen LogP contribution is 2.33. The molecule has 0 aliphatic carbocycles. The Balaban J connectivity index is 3.26. The smallest absolute Gasteiger partial charge is 0.436 e. The molecule has 0 bridgehead atoms. The lowest BCUT2D eigenvalue weighted by Gasteiger charge is -2.09. The number of hydrogen-bond donors (Lipinski definition) is 1. The second-order valence-electron chi connectivity index (χ2n) is 3.68. The number of alkyl halides is 3. The maximum atomic E-state index is 12.6. The number of aromatic nitrogens is 2. The molecule has 8 heteroatoms. The molecule has 0 saturated carbocycles. The van der Waals surface area contributed by atoms with Crippen molar-refractivity contribution in [2.75, 3.05) is 5.73 Å². The number of halogens is 3. The first-order valence-corrected chi connectivity index (χ1v) is 4.75. The summed E-state index contributed by atoms with van der Waals surface area (Å²) in [5.41, 5.74) is 3.30. The molecule has 1 heterocycles. The minimum atomic E-state index is -4.75. The second-order valence-corrected chi connectivity index (χ2v) is 3.68. The molecule has 0 amide bonds. The van der Waals surface area contributed by atoms with Crippen molar-refractivity contribution in [3.63, 3.8) is 0 Å². The van der Waals surface area contributed by atoms with E-state index < -0.39 is 29.5 Å². The summed E-state index contributed by atoms with van der Waals surface area (Å²) < 4.78 is 43.3. The molecule has 0 spiro atoms. The highest BCUT2D eigenvalue weighted by molar-refractivity contribution is 5.95. The number of esters is 1. The van der Waals surface area contributed by atoms with E-state index in [1.807, 2.05) is 0 Å². The molecular formula is C9H12F3N3O2. The third kappa shape index (κ3) is 2.69. The third-order valence-electron chi connectivity index (χ3n) is 1.91. The molecule has 1 aromatic heterocycles. The van der Waals surface area contributed by atoms with Crippen LogP contribution in [-0.2, 0) is 18.0 Å². The summed E-state index contributed by atoms with van der Waals surface area (Å²) in [6.45, 7) is 3.05. The number of aryl methyl sites for hydroxylation is 1. The quantitative estimate of drug-likeness (QED) is 0.810. The standard InChI is InChI=1S/C9H12F3N3O2/c1-4(2)17-8(16)5-6(9(10,11)12)14-15(3)7(5)13/h4H,13H2,1-3H3. The van der Waals surface area contributed by atoms with Gasteiger partial charge in [-0.05, 0) is 13.8 Å². The van der Waals surface area contributed by atoms with Crippen LogP contribution in [0.5, 0.6) is 0 Å². The minimum Gasteiger partial charge on any atom is -0.459 e. The van der Waals surface area contributed by atoms with Gasteiger partial charge in [-0.2, -0.15) is 18.3 Å². The number of ether oxygens (including phenoxy) is 1. The fourth-order valence-electron chi connectivity index (χ4n) is 1.21. The third-order valence-corrected chi connectivity index (χ3v) is 1.91. The Hall–Kier alpha value is -1.73. The number of rotatable bonds is 2. The Labute approximate surface area is 95.3 Å². The summed E-state index contributed by atoms with van der Waals surface area (Å²) >= 11 is 0. The molecule has 0 saturated heterocycles. The second kappa shape index (κ2) is 4.27. The van der Waals surface area contributed by atoms with Crippen molar-refractivity contribution in [2.45, 2.75) is 26.1 Å². The predicted molar refractivity (Wildman–Crippen MR) is 53.2 cm³/mol. The van der Waals surface area contributed by atoms with Gasteiger partial charge in [-0.15, -0.1) is 0 Å². The zero-order valence-electron chi connectivity index (χ0n) is 9.50. The lowest BCUT2D eigenvalue weighted by molar-refractivity contribution is -0.142. The Morgan fingerprint density at radius 1 is 1.47 bits per heavy atom. The van der Waals surface area contributed by atoms with Crippen LogP contribution in [0.2, 0.25) is 0 Å². The molecule has 0 atom stereocenters. The van der Waals surface area contributed by atoms with Crippen molar-refractivity contribution >= 4 is 11.8 Å². The maximum absolute atomic E-state index is 12.6. The number of nitrogens with two attached hydrogens (primary N) is 1. The average Bonchev–Trinajstić information content (AvgIpc) is 2.41. The van der Waals surface area contributed by atoms with Gasteiger partial charge in [0.1, 0.15) is 11.4 Å². The summed E-state index contributed by atoms with van der Waals surface area (Å²) in [5, 5.41) is 3.18. The van der Waals surface area contributed by atoms with Crippen LogP contribution in [0.15, 0.2) is 0 Å². The Kier molecular flexibility index (Phi) is 3.35. The van der Waals surface area contributed by atoms with Crippen LogP contribution in [0.25, 0.3) is 0 Å². The lowest BCUT2D eigenvalue weighted by atomic mass is 10.2. The summed E-state index contributed by atoms with van der Waals surface area (Å²) in [6, 6.07) is 0. The van der Waals surface area contributed by atoms with Crippen LogP contribution in [0.4, 0.5) is 19.0 Å². The Morgan fingerprint density at radius 2 is 2.00 bits per heavy atom. The summed E-state index contributed by atoms with van der Waals surface area (Å²) in [6.07, 6.45) is -5.29. The minimum absolute atomic E-state index is 0.372. The fraction of sp³-hybridized carbons (Fsp3) is 0.556. The first kappa shape index (κ1) is 13.3. The van der Waals surface area contributed by atoms with Crippen molar-refractivity contribution in [1.29, 1.82) is 0 Å². The molecule has 17 heavy (non-hydrogen) atoms. The van der Waals surface area contributed by atoms with Crippen molar-refractivity contribution in [2.24, 2.45) is 7.05 Å². The lowest BCUT2D eigenvalue weighted by Crippen LogP contribution is -2.18. The molecule has 96 valence electrons. The highest BCUT2D eigenvalue weighted by atomic mass is 19.4. The van der Waals surface area contributed by atoms with E-state index in [4.69, 9.17) is 10.5 Å². The zero-order valence-corrected chi connectivity index (χ0v) is 9.50. The van der Waals surface area contributed by atoms with Crippen LogP contribution in [-0.4, -0.2) is 21.9 Å². The van der Waals surface area contributed by atoms with Crippen molar-refractivity contribution in [1.82, 2.24) is 9.78 Å². The van der Waals surface area contributed by atoms with Crippen LogP contribution < -0.4 is 5.73 Å². The monoisotopic (exact) mass is 251 g/mol. The van der Waals surface area contributed by atoms with Crippen LogP contribution in [0.3, 0.4) is 0 Å². The fourth-order valence-corrected chi connectivity index (χ4v) is 1.21. The summed E-state index contributed by atoms with van der Waals surface area (Å²) in [4.78, 5) is 11.5. The molecule has 1 aromatic rings. The van der Waals surface area contributed by atoms with Crippen molar-refractivity contribution in [3.05, 3.63) is 11.3 Å². The molecule has 0 fully saturated rings. The summed E-state index contributed by atoms with van der Waals surface area (Å²) in [7, 11) is 1.22. The molecule has 0 aliphatic heterocycles. The van der Waals surface area contributed by atoms with Gasteiger partial charge in [0.2, 0.25) is 0 Å². The number of anilines is 1. The number of hydrogen-bond acceptors (Lipinski definition) is 4. The predicted octanol–water partition coefficient (Wildman–Crippen LogP) is 1.59. The van der Waals surface area contributed by atoms with Crippen LogP contribution in [0, 0.1) is 0 Å². The van der Waals surface area contributed by atoms with E-state index in [9.17, 15) is 18.0 Å². The van der Waals surface area contributed by atoms with Gasteiger partial charge in [-0.3, -0.25) is 4.68 Å². The van der Waals surface area contributed by atoms with E-state index in [0.717, 1.165) is 4.68 Å². The van der Waals surface area contributed by atoms with Gasteiger partial charge in [0.15, 0.2) is 5.69 Å². The highest BCUT2D eigenvalue weighted by Gasteiger charge is 2.41. The van der Waals surface area contributed by atoms with Crippen molar-refractivity contribution < 1.29 is 22.7 Å². The number of carbonyl (C=O) groups is 1. The Bertz CT molecular complexity index is 437. The molecule has 2 N–H and O–H groups in total. The van der Waals surface area contributed by atoms with Crippen LogP contribution in [0.1, 0.15) is 29.9 Å². The number of nitrogens with zero attached hydrogens (tertiary/aromatic N) is 2. The van der Waals surface area contributed by atoms with E-state index in [2.05, 4.69) is 5.10 Å². The van der Waals surface area contributed by atoms with Gasteiger partial charge < -0.3 is 10.5 Å². The number of carbonyl (C=O) groups excluding carboxylic acids is 1. The van der Waals surface area contributed by atoms with Gasteiger partial charge in [-0.1, -0.05) is 0 Å². The molecule has 5 nitrogen and oxygen atoms in total. The molecule has 0 aromatic carbocycles. The van der Waals surface area contributed by atoms with Gasteiger partial charge in [-0.25, -0.2) is 4.79 Å². The molecular weight excluding hydrogens is 239 g/mol. The summed E-state index contributed by atoms with van der Waals surface area (Å²) in [5.74, 6) is -1.50. The average molecular weight is 251 g/mol. The first-order valence-electron chi connectivity index (χ1n) is 4.75. The SMILES string of the molecule is CC(C)OC(=O)c1c(C(F)(F)F)nn(C)c1N. The topological polar surface area (TPSA) is 70.1 Å². The van der Waals surface area contributed by atoms with Gasteiger partial charge in [0.05, 0.1) is 6.10 Å². The van der Waals surface area contributed by atoms with E-state index in [1.54, 1.807) is 0 Å². The van der Waals surface area contributed by atoms with Crippen LogP contribution >= 0.6 is 0 Å². The molecule has 0 radical (unpaired) electrons. The molecule has 1 rings (SSSR count). The molecule has 0 aliphatic rings. The number of nitrogen functional groups attached to an aromatic ring is 1. The normalized spacial score (nSPS) is 11.9. The van der Waals surface area contributed by atoms with E-state index in [1.165, 1.54) is 20.9 Å². The van der Waals surface area contributed by atoms with E-state index in [-0.39, 0.29) is 5.82 Å². The van der Waals surface area contributed by atoms with Crippen molar-refractivity contribution in [3.8, 4) is 0 Å². The largest absolute Gasteiger partial charge is 0.459 e. The Morgan fingerprint density at radius 3 is 2.41 bits per heavy atom. The van der Waals surface area contributed by atoms with E-state index in [0.29, 0.717) is 0 Å². The maximum Gasteiger partial charge on any atom is 0.436 e. The van der Waals surface area contributed by atoms with Gasteiger partial charge >= 0.3 is 12.1 Å². The van der Waals surface area contributed by atoms with Gasteiger partial charge in [0, 0.05) is 7.05 Å². The zero-order chi connectivity index (χ0) is 13.4.